The van der Waals surface area contributed by atoms with Crippen molar-refractivity contribution in [2.24, 2.45) is 0 Å². The van der Waals surface area contributed by atoms with Gasteiger partial charge in [0.2, 0.25) is 17.7 Å². The molecule has 2 fully saturated rings. The van der Waals surface area contributed by atoms with E-state index in [1.165, 1.54) is 0 Å². The molecule has 4 rings (SSSR count). The van der Waals surface area contributed by atoms with Crippen molar-refractivity contribution in [2.45, 2.75) is 63.5 Å². The van der Waals surface area contributed by atoms with Crippen LogP contribution in [0.25, 0.3) is 0 Å². The molecule has 3 heterocycles. The van der Waals surface area contributed by atoms with Gasteiger partial charge >= 0.3 is 0 Å². The van der Waals surface area contributed by atoms with E-state index in [2.05, 4.69) is 10.6 Å². The zero-order valence-electron chi connectivity index (χ0n) is 18.9. The van der Waals surface area contributed by atoms with Crippen molar-refractivity contribution in [1.29, 1.82) is 0 Å². The molecular formula is C24H30N4O5. The molecule has 2 N–H and O–H groups in total. The van der Waals surface area contributed by atoms with Gasteiger partial charge in [0.25, 0.3) is 11.8 Å². The number of amides is 5. The van der Waals surface area contributed by atoms with Gasteiger partial charge in [0.1, 0.15) is 6.04 Å². The SMILES string of the molecule is CN(C(=O)CCCCc1cccc2c1C(=O)N(C1CCC(=O)NC1=O)C2=O)C1CCNCC1. The molecule has 9 nitrogen and oxygen atoms in total. The molecule has 1 unspecified atom stereocenters. The summed E-state index contributed by atoms with van der Waals surface area (Å²) >= 11 is 0. The van der Waals surface area contributed by atoms with E-state index in [9.17, 15) is 24.0 Å². The first kappa shape index (κ1) is 23.1. The van der Waals surface area contributed by atoms with E-state index in [1.54, 1.807) is 12.1 Å². The van der Waals surface area contributed by atoms with Crippen LogP contribution in [0.3, 0.4) is 0 Å². The summed E-state index contributed by atoms with van der Waals surface area (Å²) in [4.78, 5) is 65.1. The molecule has 3 aliphatic rings. The van der Waals surface area contributed by atoms with E-state index in [0.29, 0.717) is 36.8 Å². The number of benzene rings is 1. The van der Waals surface area contributed by atoms with Crippen molar-refractivity contribution in [1.82, 2.24) is 20.4 Å². The Kier molecular flexibility index (Phi) is 6.88. The first-order valence-corrected chi connectivity index (χ1v) is 11.7. The van der Waals surface area contributed by atoms with Crippen molar-refractivity contribution in [3.05, 3.63) is 34.9 Å². The molecule has 0 aliphatic carbocycles. The number of unbranched alkanes of at least 4 members (excludes halogenated alkanes) is 1. The highest BCUT2D eigenvalue weighted by molar-refractivity contribution is 6.24. The van der Waals surface area contributed by atoms with Crippen LogP contribution in [-0.2, 0) is 20.8 Å². The molecule has 0 saturated carbocycles. The Morgan fingerprint density at radius 2 is 1.82 bits per heavy atom. The lowest BCUT2D eigenvalue weighted by molar-refractivity contribution is -0.136. The summed E-state index contributed by atoms with van der Waals surface area (Å²) in [5.41, 5.74) is 1.38. The number of aryl methyl sites for hydroxylation is 1. The smallest absolute Gasteiger partial charge is 0.262 e. The number of hydrogen-bond donors (Lipinski definition) is 2. The normalized spacial score (nSPS) is 21.2. The maximum atomic E-state index is 13.1. The van der Waals surface area contributed by atoms with Gasteiger partial charge < -0.3 is 10.2 Å². The Morgan fingerprint density at radius 1 is 1.06 bits per heavy atom. The Morgan fingerprint density at radius 3 is 2.55 bits per heavy atom. The van der Waals surface area contributed by atoms with Gasteiger partial charge in [0, 0.05) is 25.9 Å². The van der Waals surface area contributed by atoms with Crippen LogP contribution < -0.4 is 10.6 Å². The fourth-order valence-corrected chi connectivity index (χ4v) is 4.96. The number of piperidine rings is 2. The molecule has 0 bridgehead atoms. The van der Waals surface area contributed by atoms with Crippen LogP contribution in [0.5, 0.6) is 0 Å². The van der Waals surface area contributed by atoms with Gasteiger partial charge in [-0.15, -0.1) is 0 Å². The number of rotatable bonds is 7. The van der Waals surface area contributed by atoms with E-state index in [1.807, 2.05) is 18.0 Å². The number of imide groups is 2. The maximum absolute atomic E-state index is 13.1. The van der Waals surface area contributed by atoms with E-state index in [0.717, 1.165) is 36.4 Å². The van der Waals surface area contributed by atoms with Gasteiger partial charge in [-0.05, 0) is 63.2 Å². The zero-order chi connectivity index (χ0) is 23.5. The summed E-state index contributed by atoms with van der Waals surface area (Å²) in [6.45, 7) is 1.87. The number of hydrogen-bond acceptors (Lipinski definition) is 6. The van der Waals surface area contributed by atoms with Crippen LogP contribution >= 0.6 is 0 Å². The molecular weight excluding hydrogens is 424 g/mol. The highest BCUT2D eigenvalue weighted by Crippen LogP contribution is 2.30. The van der Waals surface area contributed by atoms with E-state index >= 15 is 0 Å². The Labute approximate surface area is 192 Å². The molecule has 5 amide bonds. The van der Waals surface area contributed by atoms with Gasteiger partial charge in [-0.3, -0.25) is 34.2 Å². The second-order valence-corrected chi connectivity index (χ2v) is 8.98. The topological polar surface area (TPSA) is 116 Å². The summed E-state index contributed by atoms with van der Waals surface area (Å²) < 4.78 is 0. The van der Waals surface area contributed by atoms with E-state index < -0.39 is 29.7 Å². The van der Waals surface area contributed by atoms with Crippen LogP contribution in [-0.4, -0.2) is 71.6 Å². The third-order valence-electron chi connectivity index (χ3n) is 6.89. The minimum Gasteiger partial charge on any atom is -0.343 e. The van der Waals surface area contributed by atoms with Crippen molar-refractivity contribution >= 4 is 29.5 Å². The molecule has 9 heteroatoms. The largest absolute Gasteiger partial charge is 0.343 e. The summed E-state index contributed by atoms with van der Waals surface area (Å²) in [5, 5.41) is 5.51. The van der Waals surface area contributed by atoms with Crippen LogP contribution in [0.1, 0.15) is 71.2 Å². The average molecular weight is 455 g/mol. The summed E-state index contributed by atoms with van der Waals surface area (Å²) in [6.07, 6.45) is 4.59. The highest BCUT2D eigenvalue weighted by Gasteiger charge is 2.45. The molecule has 1 atom stereocenters. The number of nitrogens with one attached hydrogen (secondary N) is 2. The average Bonchev–Trinajstić information content (AvgIpc) is 3.07. The zero-order valence-corrected chi connectivity index (χ0v) is 18.9. The lowest BCUT2D eigenvalue weighted by Gasteiger charge is -2.31. The molecule has 3 aliphatic heterocycles. The van der Waals surface area contributed by atoms with Crippen LogP contribution in [0.4, 0.5) is 0 Å². The number of carbonyl (C=O) groups is 5. The van der Waals surface area contributed by atoms with Crippen LogP contribution in [0.15, 0.2) is 18.2 Å². The van der Waals surface area contributed by atoms with Gasteiger partial charge in [0.15, 0.2) is 0 Å². The molecule has 1 aromatic rings. The molecule has 1 aromatic carbocycles. The Balaban J connectivity index is 1.36. The summed E-state index contributed by atoms with van der Waals surface area (Å²) in [6, 6.07) is 4.48. The van der Waals surface area contributed by atoms with Crippen LogP contribution in [0, 0.1) is 0 Å². The van der Waals surface area contributed by atoms with Gasteiger partial charge in [-0.25, -0.2) is 0 Å². The van der Waals surface area contributed by atoms with Crippen molar-refractivity contribution in [2.75, 3.05) is 20.1 Å². The van der Waals surface area contributed by atoms with Gasteiger partial charge in [0.05, 0.1) is 11.1 Å². The molecule has 0 aromatic heterocycles. The second-order valence-electron chi connectivity index (χ2n) is 8.98. The molecule has 176 valence electrons. The quantitative estimate of drug-likeness (QED) is 0.469. The fraction of sp³-hybridized carbons (Fsp3) is 0.542. The minimum atomic E-state index is -0.967. The van der Waals surface area contributed by atoms with Crippen molar-refractivity contribution < 1.29 is 24.0 Å². The molecule has 0 radical (unpaired) electrons. The Bertz CT molecular complexity index is 985. The number of fused-ring (bicyclic) bond motifs is 1. The molecule has 0 spiro atoms. The minimum absolute atomic E-state index is 0.0938. The summed E-state index contributed by atoms with van der Waals surface area (Å²) in [7, 11) is 1.87. The van der Waals surface area contributed by atoms with Crippen LogP contribution in [0.2, 0.25) is 0 Å². The standard InChI is InChI=1S/C24H30N4O5/c1-27(16-11-13-25-14-12-16)20(30)8-3-2-5-15-6-4-7-17-21(15)24(33)28(23(17)32)18-9-10-19(29)26-22(18)31/h4,6-7,16,18,25H,2-3,5,8-14H2,1H3,(H,26,29,31). The lowest BCUT2D eigenvalue weighted by atomic mass is 9.97. The predicted octanol–water partition coefficient (Wildman–Crippen LogP) is 1.01. The molecule has 2 saturated heterocycles. The monoisotopic (exact) mass is 454 g/mol. The second kappa shape index (κ2) is 9.82. The Hall–Kier alpha value is -3.07. The number of nitrogens with zero attached hydrogens (tertiary/aromatic N) is 2. The maximum Gasteiger partial charge on any atom is 0.262 e. The first-order chi connectivity index (χ1) is 15.9. The summed E-state index contributed by atoms with van der Waals surface area (Å²) in [5.74, 6) is -1.85. The fourth-order valence-electron chi connectivity index (χ4n) is 4.96. The van der Waals surface area contributed by atoms with E-state index in [4.69, 9.17) is 0 Å². The third kappa shape index (κ3) is 4.68. The molecule has 33 heavy (non-hydrogen) atoms. The van der Waals surface area contributed by atoms with Crippen molar-refractivity contribution in [3.63, 3.8) is 0 Å². The first-order valence-electron chi connectivity index (χ1n) is 11.7. The van der Waals surface area contributed by atoms with Gasteiger partial charge in [-0.2, -0.15) is 0 Å². The lowest BCUT2D eigenvalue weighted by Crippen LogP contribution is -2.54. The number of carbonyl (C=O) groups excluding carboxylic acids is 5. The third-order valence-corrected chi connectivity index (χ3v) is 6.89. The van der Waals surface area contributed by atoms with Crippen molar-refractivity contribution in [3.8, 4) is 0 Å². The predicted molar refractivity (Wildman–Crippen MR) is 119 cm³/mol. The van der Waals surface area contributed by atoms with Gasteiger partial charge in [-0.1, -0.05) is 12.1 Å². The van der Waals surface area contributed by atoms with E-state index in [-0.39, 0.29) is 24.8 Å². The highest BCUT2D eigenvalue weighted by atomic mass is 16.2.